The van der Waals surface area contributed by atoms with Crippen LogP contribution >= 0.6 is 0 Å². The summed E-state index contributed by atoms with van der Waals surface area (Å²) in [4.78, 5) is 0. The average molecular weight is 361 g/mol. The standard InChI is InChI=1S/C23H36O3/c1-2-3-4-5-9-12-20-21(23(26)17-22(20)25)16-15-19(24)14-13-18-10-7-6-8-11-18/h5-11,19-26H,2-4,12-17H2,1H3/b9-5-/t19?,20-,21-,22?,23?/m1/s1. The number of hydrogen-bond donors (Lipinski definition) is 3. The molecule has 2 rings (SSSR count). The van der Waals surface area contributed by atoms with Crippen molar-refractivity contribution in [2.24, 2.45) is 11.8 Å². The highest BCUT2D eigenvalue weighted by atomic mass is 16.3. The van der Waals surface area contributed by atoms with Crippen molar-refractivity contribution in [2.75, 3.05) is 0 Å². The molecule has 0 spiro atoms. The number of aryl methyl sites for hydroxylation is 1. The van der Waals surface area contributed by atoms with E-state index in [-0.39, 0.29) is 17.9 Å². The number of aliphatic hydroxyl groups excluding tert-OH is 3. The molecule has 3 nitrogen and oxygen atoms in total. The molecular weight excluding hydrogens is 324 g/mol. The largest absolute Gasteiger partial charge is 0.393 e. The summed E-state index contributed by atoms with van der Waals surface area (Å²) in [6, 6.07) is 10.2. The Hall–Kier alpha value is -1.16. The summed E-state index contributed by atoms with van der Waals surface area (Å²) in [5.74, 6) is 0.205. The number of allylic oxidation sites excluding steroid dienone is 2. The van der Waals surface area contributed by atoms with Crippen LogP contribution in [0.4, 0.5) is 0 Å². The van der Waals surface area contributed by atoms with Gasteiger partial charge in [0.2, 0.25) is 0 Å². The van der Waals surface area contributed by atoms with E-state index in [4.69, 9.17) is 0 Å². The predicted molar refractivity (Wildman–Crippen MR) is 107 cm³/mol. The molecule has 0 heterocycles. The first-order valence-corrected chi connectivity index (χ1v) is 10.3. The predicted octanol–water partition coefficient (Wildman–Crippen LogP) is 4.25. The van der Waals surface area contributed by atoms with E-state index in [1.165, 1.54) is 18.4 Å². The molecule has 0 aromatic heterocycles. The monoisotopic (exact) mass is 360 g/mol. The maximum absolute atomic E-state index is 10.3. The Balaban J connectivity index is 1.76. The van der Waals surface area contributed by atoms with Gasteiger partial charge in [-0.05, 0) is 62.3 Å². The Bertz CT molecular complexity index is 513. The van der Waals surface area contributed by atoms with Gasteiger partial charge in [-0.15, -0.1) is 0 Å². The molecule has 1 fully saturated rings. The van der Waals surface area contributed by atoms with E-state index in [0.29, 0.717) is 12.8 Å². The van der Waals surface area contributed by atoms with Crippen molar-refractivity contribution in [2.45, 2.75) is 83.0 Å². The lowest BCUT2D eigenvalue weighted by Gasteiger charge is -2.23. The van der Waals surface area contributed by atoms with Crippen LogP contribution in [0.5, 0.6) is 0 Å². The number of rotatable bonds is 11. The summed E-state index contributed by atoms with van der Waals surface area (Å²) in [5, 5.41) is 30.9. The van der Waals surface area contributed by atoms with Crippen LogP contribution in [0.25, 0.3) is 0 Å². The topological polar surface area (TPSA) is 60.7 Å². The van der Waals surface area contributed by atoms with Gasteiger partial charge in [0.1, 0.15) is 0 Å². The third-order valence-electron chi connectivity index (χ3n) is 5.76. The van der Waals surface area contributed by atoms with Crippen molar-refractivity contribution in [3.63, 3.8) is 0 Å². The molecule has 1 aromatic carbocycles. The van der Waals surface area contributed by atoms with Crippen molar-refractivity contribution in [3.8, 4) is 0 Å². The van der Waals surface area contributed by atoms with Crippen molar-refractivity contribution in [1.82, 2.24) is 0 Å². The summed E-state index contributed by atoms with van der Waals surface area (Å²) in [5.41, 5.74) is 1.25. The van der Waals surface area contributed by atoms with Crippen LogP contribution in [0, 0.1) is 11.8 Å². The second-order valence-electron chi connectivity index (χ2n) is 7.80. The van der Waals surface area contributed by atoms with E-state index in [9.17, 15) is 15.3 Å². The van der Waals surface area contributed by atoms with Gasteiger partial charge < -0.3 is 15.3 Å². The molecule has 3 unspecified atom stereocenters. The van der Waals surface area contributed by atoms with Gasteiger partial charge in [-0.3, -0.25) is 0 Å². The molecule has 0 amide bonds. The van der Waals surface area contributed by atoms with E-state index in [2.05, 4.69) is 31.2 Å². The second-order valence-corrected chi connectivity index (χ2v) is 7.80. The smallest absolute Gasteiger partial charge is 0.0599 e. The number of unbranched alkanes of at least 4 members (excludes halogenated alkanes) is 2. The number of benzene rings is 1. The van der Waals surface area contributed by atoms with Crippen LogP contribution in [-0.2, 0) is 6.42 Å². The van der Waals surface area contributed by atoms with Crippen molar-refractivity contribution < 1.29 is 15.3 Å². The van der Waals surface area contributed by atoms with Gasteiger partial charge >= 0.3 is 0 Å². The van der Waals surface area contributed by atoms with Gasteiger partial charge in [-0.1, -0.05) is 62.2 Å². The van der Waals surface area contributed by atoms with E-state index in [1.54, 1.807) is 0 Å². The SMILES string of the molecule is CCCC/C=C\C[C@H]1C(O)CC(O)[C@@H]1CCC(O)CCc1ccccc1. The minimum absolute atomic E-state index is 0.0900. The Labute approximate surface area is 158 Å². The zero-order valence-corrected chi connectivity index (χ0v) is 16.1. The van der Waals surface area contributed by atoms with Gasteiger partial charge in [-0.2, -0.15) is 0 Å². The van der Waals surface area contributed by atoms with Gasteiger partial charge in [0.05, 0.1) is 18.3 Å². The normalized spacial score (nSPS) is 27.2. The number of hydrogen-bond acceptors (Lipinski definition) is 3. The summed E-state index contributed by atoms with van der Waals surface area (Å²) < 4.78 is 0. The van der Waals surface area contributed by atoms with Gasteiger partial charge in [-0.25, -0.2) is 0 Å². The molecule has 0 aliphatic heterocycles. The van der Waals surface area contributed by atoms with Crippen molar-refractivity contribution >= 4 is 0 Å². The average Bonchev–Trinajstić information content (AvgIpc) is 2.91. The molecule has 3 heteroatoms. The van der Waals surface area contributed by atoms with Gasteiger partial charge in [0.25, 0.3) is 0 Å². The lowest BCUT2D eigenvalue weighted by molar-refractivity contribution is 0.0857. The number of aliphatic hydroxyl groups is 3. The molecule has 1 aliphatic carbocycles. The summed E-state index contributed by atoms with van der Waals surface area (Å²) in [6.07, 6.45) is 11.0. The fraction of sp³-hybridized carbons (Fsp3) is 0.652. The van der Waals surface area contributed by atoms with Crippen molar-refractivity contribution in [3.05, 3.63) is 48.0 Å². The molecule has 3 N–H and O–H groups in total. The lowest BCUT2D eigenvalue weighted by Crippen LogP contribution is -2.23. The zero-order valence-electron chi connectivity index (χ0n) is 16.1. The fourth-order valence-corrected chi connectivity index (χ4v) is 4.11. The Morgan fingerprint density at radius 1 is 1.04 bits per heavy atom. The van der Waals surface area contributed by atoms with E-state index < -0.39 is 12.2 Å². The van der Waals surface area contributed by atoms with Crippen LogP contribution in [0.3, 0.4) is 0 Å². The highest BCUT2D eigenvalue weighted by Crippen LogP contribution is 2.38. The molecule has 0 radical (unpaired) electrons. The quantitative estimate of drug-likeness (QED) is 0.408. The molecular formula is C23H36O3. The summed E-state index contributed by atoms with van der Waals surface area (Å²) in [6.45, 7) is 2.18. The van der Waals surface area contributed by atoms with Crippen LogP contribution in [0.1, 0.15) is 63.9 Å². The highest BCUT2D eigenvalue weighted by molar-refractivity contribution is 5.14. The van der Waals surface area contributed by atoms with Crippen LogP contribution in [0.2, 0.25) is 0 Å². The highest BCUT2D eigenvalue weighted by Gasteiger charge is 2.40. The van der Waals surface area contributed by atoms with Gasteiger partial charge in [0.15, 0.2) is 0 Å². The van der Waals surface area contributed by atoms with Gasteiger partial charge in [0, 0.05) is 0 Å². The molecule has 1 aliphatic rings. The van der Waals surface area contributed by atoms with E-state index >= 15 is 0 Å². The van der Waals surface area contributed by atoms with E-state index in [0.717, 1.165) is 32.1 Å². The maximum atomic E-state index is 10.3. The summed E-state index contributed by atoms with van der Waals surface area (Å²) >= 11 is 0. The van der Waals surface area contributed by atoms with E-state index in [1.807, 2.05) is 18.2 Å². The third-order valence-corrected chi connectivity index (χ3v) is 5.76. The first kappa shape index (κ1) is 21.1. The molecule has 5 atom stereocenters. The Morgan fingerprint density at radius 3 is 2.50 bits per heavy atom. The molecule has 1 saturated carbocycles. The van der Waals surface area contributed by atoms with Crippen LogP contribution < -0.4 is 0 Å². The molecule has 26 heavy (non-hydrogen) atoms. The lowest BCUT2D eigenvalue weighted by atomic mass is 9.85. The second kappa shape index (κ2) is 11.5. The maximum Gasteiger partial charge on any atom is 0.0599 e. The summed E-state index contributed by atoms with van der Waals surface area (Å²) in [7, 11) is 0. The minimum atomic E-state index is -0.444. The fourth-order valence-electron chi connectivity index (χ4n) is 4.11. The van der Waals surface area contributed by atoms with Crippen LogP contribution in [0.15, 0.2) is 42.5 Å². The first-order valence-electron chi connectivity index (χ1n) is 10.3. The molecule has 0 saturated heterocycles. The Morgan fingerprint density at radius 2 is 1.77 bits per heavy atom. The van der Waals surface area contributed by atoms with Crippen molar-refractivity contribution in [1.29, 1.82) is 0 Å². The first-order chi connectivity index (χ1) is 12.6. The Kier molecular flexibility index (Phi) is 9.38. The third kappa shape index (κ3) is 6.86. The minimum Gasteiger partial charge on any atom is -0.393 e. The molecule has 146 valence electrons. The zero-order chi connectivity index (χ0) is 18.8. The molecule has 1 aromatic rings. The molecule has 0 bridgehead atoms. The van der Waals surface area contributed by atoms with Crippen LogP contribution in [-0.4, -0.2) is 33.6 Å².